The second-order valence-corrected chi connectivity index (χ2v) is 18.5. The average Bonchev–Trinajstić information content (AvgIpc) is 3.65. The number of benzene rings is 8. The zero-order valence-electron chi connectivity index (χ0n) is 34.7. The van der Waals surface area contributed by atoms with Crippen molar-refractivity contribution in [1.82, 2.24) is 4.57 Å². The Hall–Kier alpha value is -7.04. The first-order valence-corrected chi connectivity index (χ1v) is 22.5. The van der Waals surface area contributed by atoms with Crippen LogP contribution in [0.25, 0.3) is 38.5 Å². The molecule has 4 aliphatic carbocycles. The van der Waals surface area contributed by atoms with E-state index in [9.17, 15) is 0 Å². The smallest absolute Gasteiger partial charge is 0.178 e. The van der Waals surface area contributed by atoms with Crippen molar-refractivity contribution in [2.75, 3.05) is 9.80 Å². The standard InChI is InChI=1S/C58H47N3O/c1-3-11-42(12-4-1)43-19-25-48(26-20-43)59(49-29-23-46(24-30-49)58-36-39-31-40(37-58)33-41(32-39)38-58)50-27-21-45-35-51(28-22-44(45)34-50)61-54-17-9-10-18-55(54)62-56-52-15-7-8-16-53(52)60(57(56)61)47-13-5-2-6-14-47/h1-30,34-35,39-41H,31-33,36-38H2. The van der Waals surface area contributed by atoms with Crippen molar-refractivity contribution in [2.24, 2.45) is 17.8 Å². The van der Waals surface area contributed by atoms with E-state index >= 15 is 0 Å². The molecule has 0 atom stereocenters. The molecular weight excluding hydrogens is 755 g/mol. The number of aromatic nitrogens is 1. The lowest BCUT2D eigenvalue weighted by Gasteiger charge is -2.57. The van der Waals surface area contributed by atoms with E-state index in [0.717, 1.165) is 74.4 Å². The highest BCUT2D eigenvalue weighted by atomic mass is 16.5. The number of nitrogens with zero attached hydrogens (tertiary/aromatic N) is 3. The third-order valence-electron chi connectivity index (χ3n) is 14.7. The van der Waals surface area contributed by atoms with Crippen LogP contribution in [0.1, 0.15) is 44.1 Å². The van der Waals surface area contributed by atoms with Crippen molar-refractivity contribution < 1.29 is 4.74 Å². The fraction of sp³-hybridized carbons (Fsp3) is 0.172. The van der Waals surface area contributed by atoms with Crippen LogP contribution in [0.4, 0.5) is 34.3 Å². The molecule has 0 saturated heterocycles. The number of rotatable bonds is 7. The normalized spacial score (nSPS) is 20.8. The van der Waals surface area contributed by atoms with Crippen molar-refractivity contribution in [3.8, 4) is 28.3 Å². The van der Waals surface area contributed by atoms with E-state index in [1.165, 1.54) is 66.1 Å². The van der Waals surface area contributed by atoms with Crippen LogP contribution in [0, 0.1) is 17.8 Å². The van der Waals surface area contributed by atoms with Gasteiger partial charge in [-0.25, -0.2) is 0 Å². The summed E-state index contributed by atoms with van der Waals surface area (Å²) in [6, 6.07) is 70.9. The molecule has 4 fully saturated rings. The highest BCUT2D eigenvalue weighted by molar-refractivity contribution is 6.02. The number of fused-ring (bicyclic) bond motifs is 5. The van der Waals surface area contributed by atoms with Gasteiger partial charge in [0.25, 0.3) is 0 Å². The Morgan fingerprint density at radius 2 is 1.06 bits per heavy atom. The Balaban J connectivity index is 0.916. The summed E-state index contributed by atoms with van der Waals surface area (Å²) in [7, 11) is 0. The molecule has 0 amide bonds. The van der Waals surface area contributed by atoms with Crippen LogP contribution in [0.2, 0.25) is 0 Å². The molecule has 4 saturated carbocycles. The molecule has 0 unspecified atom stereocenters. The molecule has 5 aliphatic rings. The first kappa shape index (κ1) is 35.7. The molecule has 4 nitrogen and oxygen atoms in total. The molecule has 8 aromatic carbocycles. The van der Waals surface area contributed by atoms with Gasteiger partial charge in [-0.2, -0.15) is 0 Å². The van der Waals surface area contributed by atoms with Crippen molar-refractivity contribution >= 4 is 55.9 Å². The molecule has 300 valence electrons. The van der Waals surface area contributed by atoms with E-state index in [1.807, 2.05) is 0 Å². The Morgan fingerprint density at radius 1 is 0.484 bits per heavy atom. The molecule has 0 spiro atoms. The molecule has 9 aromatic rings. The summed E-state index contributed by atoms with van der Waals surface area (Å²) in [6.45, 7) is 0. The average molecular weight is 802 g/mol. The predicted molar refractivity (Wildman–Crippen MR) is 256 cm³/mol. The summed E-state index contributed by atoms with van der Waals surface area (Å²) >= 11 is 0. The van der Waals surface area contributed by atoms with E-state index in [-0.39, 0.29) is 0 Å². The maximum Gasteiger partial charge on any atom is 0.178 e. The van der Waals surface area contributed by atoms with Gasteiger partial charge >= 0.3 is 0 Å². The van der Waals surface area contributed by atoms with Gasteiger partial charge in [0.05, 0.1) is 11.2 Å². The van der Waals surface area contributed by atoms with E-state index < -0.39 is 0 Å². The number of para-hydroxylation sites is 4. The van der Waals surface area contributed by atoms with Gasteiger partial charge in [0.1, 0.15) is 0 Å². The summed E-state index contributed by atoms with van der Waals surface area (Å²) < 4.78 is 9.13. The fourth-order valence-electron chi connectivity index (χ4n) is 12.4. The molecule has 62 heavy (non-hydrogen) atoms. The summed E-state index contributed by atoms with van der Waals surface area (Å²) in [5.41, 5.74) is 12.1. The zero-order chi connectivity index (χ0) is 40.8. The van der Waals surface area contributed by atoms with Crippen molar-refractivity contribution in [1.29, 1.82) is 0 Å². The lowest BCUT2D eigenvalue weighted by Crippen LogP contribution is -2.48. The highest BCUT2D eigenvalue weighted by Crippen LogP contribution is 2.61. The second-order valence-electron chi connectivity index (χ2n) is 18.5. The molecule has 14 rings (SSSR count). The molecule has 4 heteroatoms. The maximum absolute atomic E-state index is 6.79. The van der Waals surface area contributed by atoms with Crippen LogP contribution in [-0.4, -0.2) is 4.57 Å². The van der Waals surface area contributed by atoms with Crippen LogP contribution in [0.3, 0.4) is 0 Å². The fourth-order valence-corrected chi connectivity index (χ4v) is 12.4. The van der Waals surface area contributed by atoms with Gasteiger partial charge in [0.15, 0.2) is 17.3 Å². The van der Waals surface area contributed by atoms with Crippen LogP contribution in [0.5, 0.6) is 11.5 Å². The lowest BCUT2D eigenvalue weighted by atomic mass is 9.48. The molecule has 0 N–H and O–H groups in total. The first-order valence-electron chi connectivity index (χ1n) is 22.5. The largest absolute Gasteiger partial charge is 0.451 e. The molecule has 1 aromatic heterocycles. The second kappa shape index (κ2) is 14.0. The first-order chi connectivity index (χ1) is 30.6. The van der Waals surface area contributed by atoms with E-state index in [1.54, 1.807) is 5.56 Å². The van der Waals surface area contributed by atoms with Crippen LogP contribution in [-0.2, 0) is 5.41 Å². The van der Waals surface area contributed by atoms with Gasteiger partial charge in [-0.3, -0.25) is 9.47 Å². The van der Waals surface area contributed by atoms with Crippen LogP contribution < -0.4 is 14.5 Å². The van der Waals surface area contributed by atoms with Gasteiger partial charge in [0.2, 0.25) is 0 Å². The Morgan fingerprint density at radius 3 is 1.81 bits per heavy atom. The topological polar surface area (TPSA) is 20.6 Å². The van der Waals surface area contributed by atoms with Gasteiger partial charge in [-0.1, -0.05) is 109 Å². The van der Waals surface area contributed by atoms with Gasteiger partial charge in [-0.05, 0) is 174 Å². The molecule has 2 heterocycles. The summed E-state index contributed by atoms with van der Waals surface area (Å²) in [6.07, 6.45) is 8.52. The minimum Gasteiger partial charge on any atom is -0.451 e. The minimum absolute atomic E-state index is 0.368. The summed E-state index contributed by atoms with van der Waals surface area (Å²) in [5, 5.41) is 3.45. The number of hydrogen-bond donors (Lipinski definition) is 0. The summed E-state index contributed by atoms with van der Waals surface area (Å²) in [4.78, 5) is 4.81. The Kier molecular flexibility index (Phi) is 8.06. The minimum atomic E-state index is 0.368. The SMILES string of the molecule is c1ccc(-c2ccc(N(c3ccc(C45CC6CC(CC(C6)C4)C5)cc3)c3ccc4cc(N5c6ccccc6Oc6c5n(-c5ccccc5)c5ccccc65)ccc4c3)cc2)cc1. The number of anilines is 6. The molecule has 4 bridgehead atoms. The van der Waals surface area contributed by atoms with Gasteiger partial charge in [0, 0.05) is 33.8 Å². The third-order valence-corrected chi connectivity index (χ3v) is 14.7. The molecule has 1 aliphatic heterocycles. The van der Waals surface area contributed by atoms with E-state index in [0.29, 0.717) is 5.41 Å². The quantitative estimate of drug-likeness (QED) is 0.160. The van der Waals surface area contributed by atoms with E-state index in [4.69, 9.17) is 4.74 Å². The van der Waals surface area contributed by atoms with Gasteiger partial charge < -0.3 is 9.64 Å². The highest BCUT2D eigenvalue weighted by Gasteiger charge is 2.51. The van der Waals surface area contributed by atoms with Gasteiger partial charge in [-0.15, -0.1) is 0 Å². The number of hydrogen-bond acceptors (Lipinski definition) is 3. The third kappa shape index (κ3) is 5.73. The van der Waals surface area contributed by atoms with Crippen molar-refractivity contribution in [3.63, 3.8) is 0 Å². The monoisotopic (exact) mass is 801 g/mol. The van der Waals surface area contributed by atoms with E-state index in [2.05, 4.69) is 208 Å². The molecular formula is C58H47N3O. The maximum atomic E-state index is 6.79. The lowest BCUT2D eigenvalue weighted by molar-refractivity contribution is -0.00518. The van der Waals surface area contributed by atoms with Crippen LogP contribution >= 0.6 is 0 Å². The zero-order valence-corrected chi connectivity index (χ0v) is 34.7. The Bertz CT molecular complexity index is 3100. The van der Waals surface area contributed by atoms with Crippen molar-refractivity contribution in [3.05, 3.63) is 200 Å². The predicted octanol–water partition coefficient (Wildman–Crippen LogP) is 16.0. The summed E-state index contributed by atoms with van der Waals surface area (Å²) in [5.74, 6) is 5.47. The number of ether oxygens (including phenoxy) is 1. The molecule has 0 radical (unpaired) electrons. The van der Waals surface area contributed by atoms with Crippen LogP contribution in [0.15, 0.2) is 194 Å². The van der Waals surface area contributed by atoms with Crippen molar-refractivity contribution in [2.45, 2.75) is 43.9 Å². The Labute approximate surface area is 363 Å².